The number of carboxylic acids is 1. The van der Waals surface area contributed by atoms with Crippen LogP contribution in [-0.2, 0) is 21.4 Å². The third-order valence-electron chi connectivity index (χ3n) is 4.79. The van der Waals surface area contributed by atoms with Gasteiger partial charge < -0.3 is 20.3 Å². The van der Waals surface area contributed by atoms with Crippen molar-refractivity contribution in [2.24, 2.45) is 5.92 Å². The summed E-state index contributed by atoms with van der Waals surface area (Å²) >= 11 is 6.01. The molecule has 0 spiro atoms. The van der Waals surface area contributed by atoms with Crippen molar-refractivity contribution in [3.05, 3.63) is 58.1 Å². The molecule has 29 heavy (non-hydrogen) atoms. The van der Waals surface area contributed by atoms with E-state index >= 15 is 0 Å². The number of carbonyl (C=O) groups excluding carboxylic acids is 1. The third kappa shape index (κ3) is 3.63. The van der Waals surface area contributed by atoms with Crippen LogP contribution >= 0.6 is 11.6 Å². The molecule has 0 aromatic heterocycles. The van der Waals surface area contributed by atoms with Crippen LogP contribution in [0.2, 0.25) is 5.02 Å². The predicted octanol–water partition coefficient (Wildman–Crippen LogP) is 3.65. The number of methoxy groups -OCH3 is 1. The summed E-state index contributed by atoms with van der Waals surface area (Å²) in [6.07, 6.45) is -5.56. The van der Waals surface area contributed by atoms with Crippen molar-refractivity contribution in [2.75, 3.05) is 12.4 Å². The second-order valence-corrected chi connectivity index (χ2v) is 6.95. The first kappa shape index (κ1) is 20.9. The summed E-state index contributed by atoms with van der Waals surface area (Å²) in [5.41, 5.74) is -4.00. The number of carbonyl (C=O) groups is 2. The van der Waals surface area contributed by atoms with Gasteiger partial charge in [-0.15, -0.1) is 0 Å². The summed E-state index contributed by atoms with van der Waals surface area (Å²) in [5.74, 6) is -3.88. The van der Waals surface area contributed by atoms with Crippen LogP contribution in [0.15, 0.2) is 36.4 Å². The van der Waals surface area contributed by atoms with E-state index < -0.39 is 41.6 Å². The van der Waals surface area contributed by atoms with Gasteiger partial charge >= 0.3 is 12.1 Å². The number of fused-ring (bicyclic) bond motifs is 1. The molecule has 2 aromatic carbocycles. The van der Waals surface area contributed by atoms with Crippen LogP contribution in [0.25, 0.3) is 0 Å². The molecule has 0 saturated carbocycles. The molecule has 2 atom stereocenters. The number of alkyl halides is 3. The Kier molecular flexibility index (Phi) is 5.22. The van der Waals surface area contributed by atoms with Gasteiger partial charge in [-0.05, 0) is 36.4 Å². The van der Waals surface area contributed by atoms with Gasteiger partial charge in [0.15, 0.2) is 0 Å². The fourth-order valence-electron chi connectivity index (χ4n) is 3.47. The van der Waals surface area contributed by atoms with Gasteiger partial charge in [0.2, 0.25) is 5.91 Å². The van der Waals surface area contributed by atoms with E-state index in [1.807, 2.05) is 0 Å². The molecule has 0 aliphatic carbocycles. The highest BCUT2D eigenvalue weighted by atomic mass is 35.5. The molecule has 154 valence electrons. The van der Waals surface area contributed by atoms with Crippen molar-refractivity contribution in [3.8, 4) is 5.75 Å². The number of nitrogens with one attached hydrogen (secondary N) is 1. The Labute approximate surface area is 167 Å². The fraction of sp³-hybridized carbons (Fsp3) is 0.263. The van der Waals surface area contributed by atoms with E-state index in [4.69, 9.17) is 16.3 Å². The number of ether oxygens (including phenoxy) is 1. The molecular formula is C19H15ClF3NO5. The molecule has 0 fully saturated rings. The van der Waals surface area contributed by atoms with E-state index in [0.717, 1.165) is 12.1 Å². The molecular weight excluding hydrogens is 415 g/mol. The molecule has 0 radical (unpaired) electrons. The minimum Gasteiger partial charge on any atom is -0.496 e. The van der Waals surface area contributed by atoms with Gasteiger partial charge in [-0.3, -0.25) is 9.59 Å². The number of aliphatic hydroxyl groups is 1. The molecule has 10 heteroatoms. The SMILES string of the molecule is COc1ccc(Cl)cc1C1(O)c2cc(C(F)(F)F)ccc2NC(=O)C1CC(=O)O. The summed E-state index contributed by atoms with van der Waals surface area (Å²) in [6, 6.07) is 6.48. The quantitative estimate of drug-likeness (QED) is 0.689. The lowest BCUT2D eigenvalue weighted by Crippen LogP contribution is -2.48. The summed E-state index contributed by atoms with van der Waals surface area (Å²) in [6.45, 7) is 0. The van der Waals surface area contributed by atoms with Crippen LogP contribution in [0.1, 0.15) is 23.1 Å². The molecule has 1 aliphatic rings. The van der Waals surface area contributed by atoms with Gasteiger partial charge in [-0.25, -0.2) is 0 Å². The van der Waals surface area contributed by atoms with Crippen LogP contribution in [-0.4, -0.2) is 29.2 Å². The van der Waals surface area contributed by atoms with Crippen molar-refractivity contribution in [1.29, 1.82) is 0 Å². The van der Waals surface area contributed by atoms with E-state index in [1.54, 1.807) is 0 Å². The van der Waals surface area contributed by atoms with Crippen LogP contribution in [0, 0.1) is 5.92 Å². The highest BCUT2D eigenvalue weighted by Gasteiger charge is 2.52. The van der Waals surface area contributed by atoms with Gasteiger partial charge in [-0.1, -0.05) is 11.6 Å². The summed E-state index contributed by atoms with van der Waals surface area (Å²) in [4.78, 5) is 24.0. The molecule has 2 unspecified atom stereocenters. The van der Waals surface area contributed by atoms with Crippen molar-refractivity contribution in [2.45, 2.75) is 18.2 Å². The van der Waals surface area contributed by atoms with Gasteiger partial charge in [0.05, 0.1) is 25.0 Å². The minimum absolute atomic E-state index is 0.0327. The fourth-order valence-corrected chi connectivity index (χ4v) is 3.64. The number of carboxylic acid groups (broad SMARTS) is 1. The van der Waals surface area contributed by atoms with Gasteiger partial charge in [0.25, 0.3) is 0 Å². The zero-order valence-electron chi connectivity index (χ0n) is 14.9. The summed E-state index contributed by atoms with van der Waals surface area (Å²) in [5, 5.41) is 23.4. The number of rotatable bonds is 4. The Hall–Kier alpha value is -2.78. The number of benzene rings is 2. The summed E-state index contributed by atoms with van der Waals surface area (Å²) in [7, 11) is 1.26. The number of hydrogen-bond donors (Lipinski definition) is 3. The van der Waals surface area contributed by atoms with Crippen molar-refractivity contribution >= 4 is 29.2 Å². The molecule has 1 heterocycles. The van der Waals surface area contributed by atoms with Crippen molar-refractivity contribution in [3.63, 3.8) is 0 Å². The second kappa shape index (κ2) is 7.23. The molecule has 0 saturated heterocycles. The maximum Gasteiger partial charge on any atom is 0.416 e. The highest BCUT2D eigenvalue weighted by Crippen LogP contribution is 2.50. The monoisotopic (exact) mass is 429 g/mol. The lowest BCUT2D eigenvalue weighted by atomic mass is 9.70. The molecule has 3 N–H and O–H groups in total. The zero-order valence-corrected chi connectivity index (χ0v) is 15.6. The number of halogens is 4. The Bertz CT molecular complexity index is 994. The Morgan fingerprint density at radius 2 is 1.93 bits per heavy atom. The number of anilines is 1. The van der Waals surface area contributed by atoms with Gasteiger partial charge in [-0.2, -0.15) is 13.2 Å². The summed E-state index contributed by atoms with van der Waals surface area (Å²) < 4.78 is 45.1. The molecule has 0 bridgehead atoms. The smallest absolute Gasteiger partial charge is 0.416 e. The first-order valence-corrected chi connectivity index (χ1v) is 8.67. The number of amides is 1. The highest BCUT2D eigenvalue weighted by molar-refractivity contribution is 6.30. The topological polar surface area (TPSA) is 95.9 Å². The minimum atomic E-state index is -4.72. The van der Waals surface area contributed by atoms with Gasteiger partial charge in [0, 0.05) is 21.8 Å². The molecule has 6 nitrogen and oxygen atoms in total. The third-order valence-corrected chi connectivity index (χ3v) is 5.02. The Morgan fingerprint density at radius 1 is 1.24 bits per heavy atom. The lowest BCUT2D eigenvalue weighted by Gasteiger charge is -2.41. The average Bonchev–Trinajstić information content (AvgIpc) is 2.64. The Morgan fingerprint density at radius 3 is 2.52 bits per heavy atom. The largest absolute Gasteiger partial charge is 0.496 e. The number of aliphatic carboxylic acids is 1. The van der Waals surface area contributed by atoms with Crippen LogP contribution in [0.5, 0.6) is 5.75 Å². The predicted molar refractivity (Wildman–Crippen MR) is 96.8 cm³/mol. The van der Waals surface area contributed by atoms with Crippen LogP contribution in [0.3, 0.4) is 0 Å². The first-order chi connectivity index (χ1) is 13.5. The maximum atomic E-state index is 13.3. The van der Waals surface area contributed by atoms with Crippen LogP contribution in [0.4, 0.5) is 18.9 Å². The lowest BCUT2D eigenvalue weighted by molar-refractivity contribution is -0.145. The maximum absolute atomic E-state index is 13.3. The second-order valence-electron chi connectivity index (χ2n) is 6.51. The van der Waals surface area contributed by atoms with Crippen molar-refractivity contribution in [1.82, 2.24) is 0 Å². The normalized spacial score (nSPS) is 21.3. The zero-order chi connectivity index (χ0) is 21.6. The van der Waals surface area contributed by atoms with E-state index in [0.29, 0.717) is 6.07 Å². The average molecular weight is 430 g/mol. The van der Waals surface area contributed by atoms with E-state index in [1.165, 1.54) is 25.3 Å². The Balaban J connectivity index is 2.37. The molecule has 1 aliphatic heterocycles. The number of hydrogen-bond acceptors (Lipinski definition) is 4. The molecule has 3 rings (SSSR count). The van der Waals surface area contributed by atoms with Gasteiger partial charge in [0.1, 0.15) is 11.4 Å². The van der Waals surface area contributed by atoms with Crippen LogP contribution < -0.4 is 10.1 Å². The van der Waals surface area contributed by atoms with E-state index in [-0.39, 0.29) is 27.6 Å². The van der Waals surface area contributed by atoms with E-state index in [2.05, 4.69) is 5.32 Å². The van der Waals surface area contributed by atoms with E-state index in [9.17, 15) is 33.0 Å². The molecule has 2 aromatic rings. The molecule has 1 amide bonds. The van der Waals surface area contributed by atoms with Crippen molar-refractivity contribution < 1.29 is 37.7 Å². The standard InChI is InChI=1S/C19H15ClF3NO5/c1-29-15-5-3-10(20)7-12(15)18(28)11-6-9(19(21,22)23)2-4-14(11)24-17(27)13(18)8-16(25)26/h2-7,13,28H,8H2,1H3,(H,24,27)(H,25,26). The first-order valence-electron chi connectivity index (χ1n) is 8.29.